The van der Waals surface area contributed by atoms with Gasteiger partial charge in [0.05, 0.1) is 5.92 Å². The summed E-state index contributed by atoms with van der Waals surface area (Å²) in [5.74, 6) is -0.0272. The first-order valence-electron chi connectivity index (χ1n) is 3.07. The molecule has 0 heterocycles. The van der Waals surface area contributed by atoms with Crippen LogP contribution in [0, 0.1) is 5.92 Å². The molecule has 0 aliphatic heterocycles. The highest BCUT2D eigenvalue weighted by Crippen LogP contribution is 2.10. The van der Waals surface area contributed by atoms with E-state index < -0.39 is 11.9 Å². The number of carboxylic acids is 1. The molecular weight excluding hydrogens is 132 g/mol. The second-order valence-electron chi connectivity index (χ2n) is 2.08. The van der Waals surface area contributed by atoms with Crippen molar-refractivity contribution >= 4 is 11.9 Å². The van der Waals surface area contributed by atoms with Gasteiger partial charge in [-0.1, -0.05) is 6.92 Å². The Hall–Kier alpha value is -1.08. The average Bonchev–Trinajstić information content (AvgIpc) is 1.88. The summed E-state index contributed by atoms with van der Waals surface area (Å²) in [6.07, 6.45) is 0.441. The van der Waals surface area contributed by atoms with E-state index in [1.165, 1.54) is 6.92 Å². The number of carboxylic acid groups (broad SMARTS) is 1. The third-order valence-electron chi connectivity index (χ3n) is 1.39. The first kappa shape index (κ1) is 8.92. The van der Waals surface area contributed by atoms with Gasteiger partial charge in [-0.3, -0.25) is 4.79 Å². The van der Waals surface area contributed by atoms with Crippen molar-refractivity contribution in [2.75, 3.05) is 0 Å². The molecule has 0 aromatic carbocycles. The van der Waals surface area contributed by atoms with Crippen LogP contribution in [0.25, 0.3) is 0 Å². The van der Waals surface area contributed by atoms with Crippen molar-refractivity contribution in [1.29, 1.82) is 0 Å². The molecule has 0 amide bonds. The molecule has 0 aromatic rings. The Morgan fingerprint density at radius 2 is 2.20 bits per heavy atom. The van der Waals surface area contributed by atoms with Gasteiger partial charge in [0.1, 0.15) is 5.94 Å². The lowest BCUT2D eigenvalue weighted by molar-refractivity contribution is -0.140. The van der Waals surface area contributed by atoms with E-state index in [4.69, 9.17) is 5.11 Å². The summed E-state index contributed by atoms with van der Waals surface area (Å²) >= 11 is 0. The summed E-state index contributed by atoms with van der Waals surface area (Å²) in [6.45, 7) is 3.20. The van der Waals surface area contributed by atoms with Gasteiger partial charge in [-0.05, 0) is 13.3 Å². The second kappa shape index (κ2) is 3.85. The van der Waals surface area contributed by atoms with Gasteiger partial charge >= 0.3 is 5.97 Å². The van der Waals surface area contributed by atoms with Crippen LogP contribution in [0.3, 0.4) is 0 Å². The molecule has 0 fully saturated rings. The fraction of sp³-hybridized carbons (Fsp3) is 0.571. The highest BCUT2D eigenvalue weighted by molar-refractivity contribution is 5.77. The molecule has 1 atom stereocenters. The molecule has 0 radical (unpaired) electrons. The Morgan fingerprint density at radius 3 is 2.30 bits per heavy atom. The molecule has 0 saturated heterocycles. The Labute approximate surface area is 59.4 Å². The van der Waals surface area contributed by atoms with Gasteiger partial charge in [0.15, 0.2) is 0 Å². The summed E-state index contributed by atoms with van der Waals surface area (Å²) in [6, 6.07) is 0. The van der Waals surface area contributed by atoms with Crippen LogP contribution in [0.5, 0.6) is 0 Å². The van der Waals surface area contributed by atoms with Gasteiger partial charge in [0.25, 0.3) is 0 Å². The lowest BCUT2D eigenvalue weighted by atomic mass is 10.00. The van der Waals surface area contributed by atoms with E-state index in [1.807, 2.05) is 0 Å². The van der Waals surface area contributed by atoms with Crippen LogP contribution in [0.15, 0.2) is 5.57 Å². The number of carbonyl (C=O) groups excluding carboxylic acids is 1. The topological polar surface area (TPSA) is 54.4 Å². The third-order valence-corrected chi connectivity index (χ3v) is 1.39. The van der Waals surface area contributed by atoms with E-state index in [9.17, 15) is 9.59 Å². The number of aliphatic carboxylic acids is 1. The highest BCUT2D eigenvalue weighted by atomic mass is 16.4. The van der Waals surface area contributed by atoms with Crippen LogP contribution >= 0.6 is 0 Å². The predicted octanol–water partition coefficient (Wildman–Crippen LogP) is 0.875. The maximum Gasteiger partial charge on any atom is 0.311 e. The summed E-state index contributed by atoms with van der Waals surface area (Å²) in [5.41, 5.74) is 0.259. The summed E-state index contributed by atoms with van der Waals surface area (Å²) in [7, 11) is 0. The zero-order valence-electron chi connectivity index (χ0n) is 6.05. The Morgan fingerprint density at radius 1 is 1.70 bits per heavy atom. The zero-order valence-corrected chi connectivity index (χ0v) is 6.05. The monoisotopic (exact) mass is 142 g/mol. The van der Waals surface area contributed by atoms with Crippen LogP contribution < -0.4 is 0 Å². The van der Waals surface area contributed by atoms with E-state index >= 15 is 0 Å². The number of hydrogen-bond donors (Lipinski definition) is 1. The summed E-state index contributed by atoms with van der Waals surface area (Å²) in [5, 5.41) is 8.48. The highest BCUT2D eigenvalue weighted by Gasteiger charge is 2.17. The lowest BCUT2D eigenvalue weighted by Gasteiger charge is -2.04. The maximum absolute atomic E-state index is 10.3. The quantitative estimate of drug-likeness (QED) is 0.595. The van der Waals surface area contributed by atoms with Crippen molar-refractivity contribution in [2.24, 2.45) is 5.92 Å². The van der Waals surface area contributed by atoms with Crippen molar-refractivity contribution in [1.82, 2.24) is 0 Å². The van der Waals surface area contributed by atoms with Gasteiger partial charge in [-0.25, -0.2) is 4.79 Å². The molecule has 0 rings (SSSR count). The minimum absolute atomic E-state index is 0.259. The van der Waals surface area contributed by atoms with Crippen LogP contribution in [0.1, 0.15) is 20.3 Å². The Kier molecular flexibility index (Phi) is 3.44. The summed E-state index contributed by atoms with van der Waals surface area (Å²) < 4.78 is 0. The second-order valence-corrected chi connectivity index (χ2v) is 2.08. The van der Waals surface area contributed by atoms with E-state index in [0.717, 1.165) is 0 Å². The number of rotatable bonds is 3. The summed E-state index contributed by atoms with van der Waals surface area (Å²) in [4.78, 5) is 20.3. The molecule has 0 saturated carbocycles. The van der Waals surface area contributed by atoms with Crippen molar-refractivity contribution in [2.45, 2.75) is 20.3 Å². The van der Waals surface area contributed by atoms with Crippen molar-refractivity contribution in [3.63, 3.8) is 0 Å². The molecule has 0 spiro atoms. The van der Waals surface area contributed by atoms with Crippen LogP contribution in [0.2, 0.25) is 0 Å². The SMILES string of the molecule is CCC(C(=O)O)C(C)=C=O. The van der Waals surface area contributed by atoms with Gasteiger partial charge < -0.3 is 5.11 Å². The van der Waals surface area contributed by atoms with Crippen LogP contribution in [0.4, 0.5) is 0 Å². The minimum Gasteiger partial charge on any atom is -0.481 e. The molecule has 10 heavy (non-hydrogen) atoms. The van der Waals surface area contributed by atoms with Gasteiger partial charge in [-0.15, -0.1) is 0 Å². The Balaban J connectivity index is 4.36. The molecule has 3 heteroatoms. The minimum atomic E-state index is -0.955. The molecule has 56 valence electrons. The normalized spacial score (nSPS) is 11.8. The van der Waals surface area contributed by atoms with E-state index in [1.54, 1.807) is 12.9 Å². The number of carbonyl (C=O) groups is 1. The molecular formula is C7H10O3. The zero-order chi connectivity index (χ0) is 8.15. The van der Waals surface area contributed by atoms with Crippen molar-refractivity contribution in [3.05, 3.63) is 5.57 Å². The predicted molar refractivity (Wildman–Crippen MR) is 36.3 cm³/mol. The maximum atomic E-state index is 10.3. The Bertz CT molecular complexity index is 177. The molecule has 0 aliphatic carbocycles. The van der Waals surface area contributed by atoms with Crippen molar-refractivity contribution in [3.8, 4) is 0 Å². The van der Waals surface area contributed by atoms with Crippen LogP contribution in [-0.4, -0.2) is 17.0 Å². The lowest BCUT2D eigenvalue weighted by Crippen LogP contribution is -2.13. The van der Waals surface area contributed by atoms with E-state index in [0.29, 0.717) is 6.42 Å². The number of hydrogen-bond acceptors (Lipinski definition) is 2. The molecule has 1 N–H and O–H groups in total. The average molecular weight is 142 g/mol. The van der Waals surface area contributed by atoms with E-state index in [-0.39, 0.29) is 5.57 Å². The van der Waals surface area contributed by atoms with Gasteiger partial charge in [0.2, 0.25) is 0 Å². The molecule has 1 unspecified atom stereocenters. The molecule has 0 aliphatic rings. The molecule has 3 nitrogen and oxygen atoms in total. The largest absolute Gasteiger partial charge is 0.481 e. The first-order valence-corrected chi connectivity index (χ1v) is 3.07. The fourth-order valence-corrected chi connectivity index (χ4v) is 0.737. The van der Waals surface area contributed by atoms with Crippen molar-refractivity contribution < 1.29 is 14.7 Å². The van der Waals surface area contributed by atoms with E-state index in [2.05, 4.69) is 0 Å². The van der Waals surface area contributed by atoms with Gasteiger partial charge in [0, 0.05) is 5.57 Å². The fourth-order valence-electron chi connectivity index (χ4n) is 0.737. The van der Waals surface area contributed by atoms with Crippen LogP contribution in [-0.2, 0) is 9.59 Å². The standard InChI is InChI=1S/C7H10O3/c1-3-6(7(9)10)5(2)4-8/h6H,3H2,1-2H3,(H,9,10). The smallest absolute Gasteiger partial charge is 0.311 e. The van der Waals surface area contributed by atoms with Gasteiger partial charge in [-0.2, -0.15) is 0 Å². The first-order chi connectivity index (χ1) is 4.63. The molecule has 0 aromatic heterocycles. The third kappa shape index (κ3) is 2.03. The molecule has 0 bridgehead atoms.